The Morgan fingerprint density at radius 3 is 3.00 bits per heavy atom. The molecule has 0 aromatic rings. The highest BCUT2D eigenvalue weighted by molar-refractivity contribution is 6.55. The van der Waals surface area contributed by atoms with Gasteiger partial charge in [0.25, 0.3) is 0 Å². The van der Waals surface area contributed by atoms with E-state index in [4.69, 9.17) is 27.9 Å². The van der Waals surface area contributed by atoms with Crippen LogP contribution in [0.2, 0.25) is 0 Å². The molecule has 0 saturated carbocycles. The number of hydrogen-bond acceptors (Lipinski definition) is 2. The van der Waals surface area contributed by atoms with Crippen molar-refractivity contribution < 1.29 is 4.74 Å². The lowest BCUT2D eigenvalue weighted by molar-refractivity contribution is 0.0140. The molecule has 0 spiro atoms. The molecular formula is C9H15Cl2NO. The Balaban J connectivity index is 2.17. The van der Waals surface area contributed by atoms with Crippen LogP contribution in [0, 0.1) is 0 Å². The predicted octanol–water partition coefficient (Wildman–Crippen LogP) is 2.46. The Kier molecular flexibility index (Phi) is 5.10. The average molecular weight is 224 g/mol. The van der Waals surface area contributed by atoms with E-state index in [-0.39, 0.29) is 0 Å². The molecule has 0 amide bonds. The van der Waals surface area contributed by atoms with Crippen molar-refractivity contribution in [1.82, 2.24) is 5.32 Å². The summed E-state index contributed by atoms with van der Waals surface area (Å²) in [7, 11) is 0. The van der Waals surface area contributed by atoms with Crippen LogP contribution in [0.25, 0.3) is 0 Å². The van der Waals surface area contributed by atoms with Gasteiger partial charge in [0.15, 0.2) is 0 Å². The van der Waals surface area contributed by atoms with Crippen molar-refractivity contribution in [1.29, 1.82) is 0 Å². The third kappa shape index (κ3) is 4.87. The molecule has 0 bridgehead atoms. The molecule has 1 N–H and O–H groups in total. The third-order valence-corrected chi connectivity index (χ3v) is 2.46. The van der Waals surface area contributed by atoms with E-state index in [9.17, 15) is 0 Å². The summed E-state index contributed by atoms with van der Waals surface area (Å²) in [6.07, 6.45) is 4.26. The predicted molar refractivity (Wildman–Crippen MR) is 56.2 cm³/mol. The summed E-state index contributed by atoms with van der Waals surface area (Å²) in [5.41, 5.74) is 0. The topological polar surface area (TPSA) is 21.3 Å². The van der Waals surface area contributed by atoms with Crippen molar-refractivity contribution in [2.75, 3.05) is 13.2 Å². The lowest BCUT2D eigenvalue weighted by Gasteiger charge is -2.27. The third-order valence-electron chi connectivity index (χ3n) is 2.15. The van der Waals surface area contributed by atoms with Crippen LogP contribution in [0.1, 0.15) is 19.8 Å². The molecule has 1 rings (SSSR count). The molecule has 0 aromatic carbocycles. The van der Waals surface area contributed by atoms with Gasteiger partial charge in [-0.25, -0.2) is 0 Å². The fourth-order valence-electron chi connectivity index (χ4n) is 1.49. The first-order valence-electron chi connectivity index (χ1n) is 4.54. The summed E-state index contributed by atoms with van der Waals surface area (Å²) < 4.78 is 5.75. The van der Waals surface area contributed by atoms with Gasteiger partial charge in [0.05, 0.1) is 6.10 Å². The maximum Gasteiger partial charge on any atom is 0.104 e. The first-order valence-corrected chi connectivity index (χ1v) is 5.30. The number of nitrogens with one attached hydrogen (secondary N) is 1. The maximum atomic E-state index is 5.49. The molecule has 0 radical (unpaired) electrons. The van der Waals surface area contributed by atoms with Crippen molar-refractivity contribution >= 4 is 23.2 Å². The number of hydrogen-bond donors (Lipinski definition) is 1. The molecule has 1 fully saturated rings. The van der Waals surface area contributed by atoms with E-state index in [1.807, 2.05) is 0 Å². The van der Waals surface area contributed by atoms with Gasteiger partial charge in [-0.15, -0.1) is 0 Å². The highest BCUT2D eigenvalue weighted by atomic mass is 35.5. The van der Waals surface area contributed by atoms with Crippen LogP contribution in [-0.4, -0.2) is 25.3 Å². The van der Waals surface area contributed by atoms with Gasteiger partial charge in [0.2, 0.25) is 0 Å². The van der Waals surface area contributed by atoms with E-state index in [0.717, 1.165) is 26.0 Å². The molecule has 0 aromatic heterocycles. The van der Waals surface area contributed by atoms with Crippen LogP contribution in [0.5, 0.6) is 0 Å². The molecule has 1 aliphatic rings. The van der Waals surface area contributed by atoms with E-state index in [2.05, 4.69) is 12.2 Å². The molecule has 2 unspecified atom stereocenters. The zero-order valence-electron chi connectivity index (χ0n) is 7.72. The second-order valence-electron chi connectivity index (χ2n) is 3.30. The highest BCUT2D eigenvalue weighted by Crippen LogP contribution is 2.13. The van der Waals surface area contributed by atoms with Crippen LogP contribution < -0.4 is 5.32 Å². The van der Waals surface area contributed by atoms with Crippen molar-refractivity contribution in [2.24, 2.45) is 0 Å². The fraction of sp³-hybridized carbons (Fsp3) is 0.778. The summed E-state index contributed by atoms with van der Waals surface area (Å²) in [6.45, 7) is 3.68. The molecule has 76 valence electrons. The van der Waals surface area contributed by atoms with Crippen LogP contribution in [0.3, 0.4) is 0 Å². The molecule has 2 nitrogen and oxygen atoms in total. The molecule has 1 aliphatic heterocycles. The zero-order valence-corrected chi connectivity index (χ0v) is 9.24. The van der Waals surface area contributed by atoms with Gasteiger partial charge in [0.1, 0.15) is 4.49 Å². The Labute approximate surface area is 89.2 Å². The van der Waals surface area contributed by atoms with Gasteiger partial charge in [-0.2, -0.15) is 0 Å². The van der Waals surface area contributed by atoms with E-state index in [1.54, 1.807) is 6.08 Å². The molecule has 1 saturated heterocycles. The van der Waals surface area contributed by atoms with Gasteiger partial charge in [0, 0.05) is 19.2 Å². The Bertz CT molecular complexity index is 180. The van der Waals surface area contributed by atoms with E-state index >= 15 is 0 Å². The van der Waals surface area contributed by atoms with E-state index in [0.29, 0.717) is 16.6 Å². The standard InChI is InChI=1S/C9H15Cl2NO/c1-7-6-8(3-5-13-7)12-4-2-9(10)11/h2,7-8,12H,3-6H2,1H3. The lowest BCUT2D eigenvalue weighted by Crippen LogP contribution is -2.38. The molecule has 4 heteroatoms. The zero-order chi connectivity index (χ0) is 9.68. The first kappa shape index (κ1) is 11.3. The smallest absolute Gasteiger partial charge is 0.104 e. The molecule has 2 atom stereocenters. The van der Waals surface area contributed by atoms with Crippen molar-refractivity contribution in [3.8, 4) is 0 Å². The first-order chi connectivity index (χ1) is 6.18. The lowest BCUT2D eigenvalue weighted by atomic mass is 10.0. The van der Waals surface area contributed by atoms with Gasteiger partial charge < -0.3 is 10.1 Å². The fourth-order valence-corrected chi connectivity index (χ4v) is 1.64. The van der Waals surface area contributed by atoms with Crippen LogP contribution >= 0.6 is 23.2 Å². The largest absolute Gasteiger partial charge is 0.378 e. The summed E-state index contributed by atoms with van der Waals surface area (Å²) in [5.74, 6) is 0. The van der Waals surface area contributed by atoms with Crippen LogP contribution in [0.4, 0.5) is 0 Å². The van der Waals surface area contributed by atoms with E-state index in [1.165, 1.54) is 0 Å². The number of halogens is 2. The van der Waals surface area contributed by atoms with E-state index < -0.39 is 0 Å². The second kappa shape index (κ2) is 5.86. The molecule has 0 aliphatic carbocycles. The molecular weight excluding hydrogens is 209 g/mol. The Morgan fingerprint density at radius 2 is 2.38 bits per heavy atom. The second-order valence-corrected chi connectivity index (χ2v) is 4.31. The SMILES string of the molecule is CC1CC(NCC=C(Cl)Cl)CCO1. The number of ether oxygens (including phenoxy) is 1. The Morgan fingerprint density at radius 1 is 1.62 bits per heavy atom. The van der Waals surface area contributed by atoms with Gasteiger partial charge in [-0.3, -0.25) is 0 Å². The monoisotopic (exact) mass is 223 g/mol. The summed E-state index contributed by atoms with van der Waals surface area (Å²) >= 11 is 11.0. The summed E-state index contributed by atoms with van der Waals surface area (Å²) in [5, 5.41) is 3.36. The average Bonchev–Trinajstić information content (AvgIpc) is 2.03. The minimum absolute atomic E-state index is 0.326. The van der Waals surface area contributed by atoms with Crippen molar-refractivity contribution in [3.63, 3.8) is 0 Å². The van der Waals surface area contributed by atoms with Gasteiger partial charge >= 0.3 is 0 Å². The van der Waals surface area contributed by atoms with Gasteiger partial charge in [-0.05, 0) is 25.8 Å². The van der Waals surface area contributed by atoms with Crippen molar-refractivity contribution in [2.45, 2.75) is 31.9 Å². The molecule has 1 heterocycles. The maximum absolute atomic E-state index is 5.49. The number of rotatable bonds is 3. The summed E-state index contributed by atoms with van der Waals surface area (Å²) in [6, 6.07) is 0.535. The minimum Gasteiger partial charge on any atom is -0.378 e. The summed E-state index contributed by atoms with van der Waals surface area (Å²) in [4.78, 5) is 0. The highest BCUT2D eigenvalue weighted by Gasteiger charge is 2.17. The van der Waals surface area contributed by atoms with Crippen LogP contribution in [-0.2, 0) is 4.74 Å². The molecule has 13 heavy (non-hydrogen) atoms. The minimum atomic E-state index is 0.326. The quantitative estimate of drug-likeness (QED) is 0.795. The van der Waals surface area contributed by atoms with Gasteiger partial charge in [-0.1, -0.05) is 23.2 Å². The van der Waals surface area contributed by atoms with Crippen LogP contribution in [0.15, 0.2) is 10.6 Å². The Hall–Kier alpha value is 0.240. The normalized spacial score (nSPS) is 28.5. The van der Waals surface area contributed by atoms with Crippen molar-refractivity contribution in [3.05, 3.63) is 10.6 Å².